The van der Waals surface area contributed by atoms with Gasteiger partial charge in [-0.25, -0.2) is 13.2 Å². The van der Waals surface area contributed by atoms with Crippen LogP contribution >= 0.6 is 0 Å². The van der Waals surface area contributed by atoms with E-state index < -0.39 is 15.7 Å². The minimum atomic E-state index is -4.15. The van der Waals surface area contributed by atoms with Gasteiger partial charge in [0.2, 0.25) is 0 Å². The molecule has 162 valence electrons. The highest BCUT2D eigenvalue weighted by Gasteiger charge is 2.26. The third-order valence-electron chi connectivity index (χ3n) is 5.24. The average molecular weight is 450 g/mol. The van der Waals surface area contributed by atoms with Crippen LogP contribution in [0.4, 0.5) is 0 Å². The number of ether oxygens (including phenoxy) is 2. The molecule has 0 N–H and O–H groups in total. The second kappa shape index (κ2) is 7.69. The van der Waals surface area contributed by atoms with E-state index in [-0.39, 0.29) is 22.7 Å². The molecule has 2 heterocycles. The Bertz CT molecular complexity index is 1500. The molecule has 32 heavy (non-hydrogen) atoms. The van der Waals surface area contributed by atoms with E-state index in [9.17, 15) is 18.0 Å². The maximum absolute atomic E-state index is 13.3. The van der Waals surface area contributed by atoms with E-state index in [1.54, 1.807) is 60.7 Å². The van der Waals surface area contributed by atoms with Crippen molar-refractivity contribution in [2.24, 2.45) is 0 Å². The lowest BCUT2D eigenvalue weighted by Gasteiger charge is -2.18. The van der Waals surface area contributed by atoms with Gasteiger partial charge in [-0.1, -0.05) is 30.3 Å². The van der Waals surface area contributed by atoms with Crippen LogP contribution in [0, 0.1) is 0 Å². The van der Waals surface area contributed by atoms with Gasteiger partial charge in [0.25, 0.3) is 10.0 Å². The predicted octanol–water partition coefficient (Wildman–Crippen LogP) is 2.69. The molecule has 1 aliphatic heterocycles. The lowest BCUT2D eigenvalue weighted by Crippen LogP contribution is -2.31. The fraction of sp³-hybridized carbons (Fsp3) is 0.130. The SMILES string of the molecule is O=C(Cn1c(=O)n(S(=O)(=O)c2ccccc2)c2ccccc21)c1ccc2c(c1)OCCO2. The summed E-state index contributed by atoms with van der Waals surface area (Å²) in [5.41, 5.74) is 0.0871. The van der Waals surface area contributed by atoms with E-state index >= 15 is 0 Å². The third-order valence-corrected chi connectivity index (χ3v) is 6.94. The molecule has 0 amide bonds. The van der Waals surface area contributed by atoms with Crippen LogP contribution in [0.25, 0.3) is 11.0 Å². The zero-order valence-corrected chi connectivity index (χ0v) is 17.6. The third kappa shape index (κ3) is 3.27. The van der Waals surface area contributed by atoms with Gasteiger partial charge in [-0.15, -0.1) is 0 Å². The molecule has 0 saturated heterocycles. The molecule has 3 aromatic carbocycles. The van der Waals surface area contributed by atoms with Gasteiger partial charge in [-0.3, -0.25) is 9.36 Å². The maximum Gasteiger partial charge on any atom is 0.343 e. The first-order valence-electron chi connectivity index (χ1n) is 9.90. The Hall–Kier alpha value is -3.85. The molecule has 4 aromatic rings. The zero-order valence-electron chi connectivity index (χ0n) is 16.8. The second-order valence-corrected chi connectivity index (χ2v) is 9.01. The molecule has 0 bridgehead atoms. The number of benzene rings is 3. The highest BCUT2D eigenvalue weighted by molar-refractivity contribution is 7.90. The van der Waals surface area contributed by atoms with Crippen LogP contribution in [-0.4, -0.2) is 36.0 Å². The summed E-state index contributed by atoms with van der Waals surface area (Å²) in [6, 6.07) is 19.0. The minimum Gasteiger partial charge on any atom is -0.486 e. The highest BCUT2D eigenvalue weighted by atomic mass is 32.2. The molecule has 5 rings (SSSR count). The standard InChI is InChI=1S/C23H18N2O6S/c26-20(16-10-11-21-22(14-16)31-13-12-30-21)15-24-18-8-4-5-9-19(18)25(23(24)27)32(28,29)17-6-2-1-3-7-17/h1-11,14H,12-13,15H2. The van der Waals surface area contributed by atoms with Gasteiger partial charge in [-0.2, -0.15) is 3.97 Å². The molecule has 1 aliphatic rings. The first-order chi connectivity index (χ1) is 15.5. The number of rotatable bonds is 5. The fourth-order valence-corrected chi connectivity index (χ4v) is 5.14. The van der Waals surface area contributed by atoms with Crippen LogP contribution in [0.1, 0.15) is 10.4 Å². The highest BCUT2D eigenvalue weighted by Crippen LogP contribution is 2.31. The number of carbonyl (C=O) groups excluding carboxylic acids is 1. The second-order valence-electron chi connectivity index (χ2n) is 7.22. The smallest absolute Gasteiger partial charge is 0.343 e. The first-order valence-corrected chi connectivity index (χ1v) is 11.3. The van der Waals surface area contributed by atoms with Crippen LogP contribution in [-0.2, 0) is 16.6 Å². The van der Waals surface area contributed by atoms with Crippen LogP contribution in [0.3, 0.4) is 0 Å². The van der Waals surface area contributed by atoms with Gasteiger partial charge in [0.05, 0.1) is 22.5 Å². The molecule has 0 aliphatic carbocycles. The molecule has 0 spiro atoms. The van der Waals surface area contributed by atoms with Gasteiger partial charge >= 0.3 is 5.69 Å². The number of carbonyl (C=O) groups is 1. The average Bonchev–Trinajstić information content (AvgIpc) is 3.11. The number of nitrogens with zero attached hydrogens (tertiary/aromatic N) is 2. The Labute approximate surface area is 183 Å². The number of hydrogen-bond donors (Lipinski definition) is 0. The number of ketones is 1. The summed E-state index contributed by atoms with van der Waals surface area (Å²) in [5.74, 6) is 0.656. The fourth-order valence-electron chi connectivity index (χ4n) is 3.71. The van der Waals surface area contributed by atoms with Crippen molar-refractivity contribution in [2.45, 2.75) is 11.4 Å². The monoisotopic (exact) mass is 450 g/mol. The summed E-state index contributed by atoms with van der Waals surface area (Å²) >= 11 is 0. The topological polar surface area (TPSA) is 96.6 Å². The van der Waals surface area contributed by atoms with Crippen LogP contribution < -0.4 is 15.2 Å². The number of imidazole rings is 1. The van der Waals surface area contributed by atoms with Gasteiger partial charge < -0.3 is 9.47 Å². The lowest BCUT2D eigenvalue weighted by atomic mass is 10.1. The predicted molar refractivity (Wildman–Crippen MR) is 117 cm³/mol. The minimum absolute atomic E-state index is 0.0110. The van der Waals surface area contributed by atoms with Crippen molar-refractivity contribution < 1.29 is 22.7 Å². The summed E-state index contributed by atoms with van der Waals surface area (Å²) in [5, 5.41) is 0. The van der Waals surface area contributed by atoms with Crippen molar-refractivity contribution >= 4 is 26.8 Å². The normalized spacial score (nSPS) is 13.2. The van der Waals surface area contributed by atoms with Crippen molar-refractivity contribution in [3.05, 3.63) is 88.8 Å². The molecular formula is C23H18N2O6S. The van der Waals surface area contributed by atoms with Crippen molar-refractivity contribution in [1.29, 1.82) is 0 Å². The largest absolute Gasteiger partial charge is 0.486 e. The Morgan fingerprint density at radius 3 is 2.25 bits per heavy atom. The molecule has 0 unspecified atom stereocenters. The summed E-state index contributed by atoms with van der Waals surface area (Å²) < 4.78 is 39.4. The maximum atomic E-state index is 13.3. The Morgan fingerprint density at radius 1 is 0.844 bits per heavy atom. The van der Waals surface area contributed by atoms with Gasteiger partial charge in [0, 0.05) is 5.56 Å². The summed E-state index contributed by atoms with van der Waals surface area (Å²) in [6.45, 7) is 0.496. The summed E-state index contributed by atoms with van der Waals surface area (Å²) in [7, 11) is -4.15. The molecule has 8 nitrogen and oxygen atoms in total. The van der Waals surface area contributed by atoms with E-state index in [1.807, 2.05) is 0 Å². The van der Waals surface area contributed by atoms with E-state index in [0.29, 0.717) is 35.8 Å². The number of fused-ring (bicyclic) bond motifs is 2. The van der Waals surface area contributed by atoms with Crippen molar-refractivity contribution in [2.75, 3.05) is 13.2 Å². The van der Waals surface area contributed by atoms with Gasteiger partial charge in [-0.05, 0) is 42.5 Å². The first kappa shape index (κ1) is 20.1. The Kier molecular flexibility index (Phi) is 4.82. The van der Waals surface area contributed by atoms with E-state index in [2.05, 4.69) is 0 Å². The van der Waals surface area contributed by atoms with Crippen molar-refractivity contribution in [3.8, 4) is 11.5 Å². The summed E-state index contributed by atoms with van der Waals surface area (Å²) in [4.78, 5) is 26.3. The van der Waals surface area contributed by atoms with Crippen LogP contribution in [0.2, 0.25) is 0 Å². The van der Waals surface area contributed by atoms with E-state index in [4.69, 9.17) is 9.47 Å². The van der Waals surface area contributed by atoms with E-state index in [0.717, 1.165) is 3.97 Å². The van der Waals surface area contributed by atoms with Crippen molar-refractivity contribution in [3.63, 3.8) is 0 Å². The molecule has 0 fully saturated rings. The number of para-hydroxylation sites is 2. The molecule has 0 saturated carbocycles. The molecule has 1 aromatic heterocycles. The molecule has 0 radical (unpaired) electrons. The molecule has 9 heteroatoms. The van der Waals surface area contributed by atoms with Crippen molar-refractivity contribution in [1.82, 2.24) is 8.54 Å². The number of aromatic nitrogens is 2. The van der Waals surface area contributed by atoms with Crippen LogP contribution in [0.15, 0.2) is 82.5 Å². The lowest BCUT2D eigenvalue weighted by molar-refractivity contribution is 0.0971. The Morgan fingerprint density at radius 2 is 1.50 bits per heavy atom. The number of hydrogen-bond acceptors (Lipinski definition) is 6. The Balaban J connectivity index is 1.60. The van der Waals surface area contributed by atoms with E-state index in [1.165, 1.54) is 16.7 Å². The quantitative estimate of drug-likeness (QED) is 0.434. The molecular weight excluding hydrogens is 432 g/mol. The van der Waals surface area contributed by atoms with Gasteiger partial charge in [0.15, 0.2) is 17.3 Å². The van der Waals surface area contributed by atoms with Crippen LogP contribution in [0.5, 0.6) is 11.5 Å². The summed E-state index contributed by atoms with van der Waals surface area (Å²) in [6.07, 6.45) is 0. The number of Topliss-reactive ketones (excluding diaryl/α,β-unsaturated/α-hetero) is 1. The zero-order chi connectivity index (χ0) is 22.3. The molecule has 0 atom stereocenters. The van der Waals surface area contributed by atoms with Gasteiger partial charge in [0.1, 0.15) is 13.2 Å².